The second-order valence-electron chi connectivity index (χ2n) is 8.59. The molecule has 0 aliphatic carbocycles. The molecule has 1 fully saturated rings. The van der Waals surface area contributed by atoms with Crippen LogP contribution in [0.3, 0.4) is 0 Å². The molecule has 3 aromatic rings. The number of carbonyl (C=O) groups excluding carboxylic acids is 1. The van der Waals surface area contributed by atoms with E-state index in [1.165, 1.54) is 0 Å². The molecule has 190 valence electrons. The van der Waals surface area contributed by atoms with E-state index in [1.54, 1.807) is 40.3 Å². The zero-order valence-electron chi connectivity index (χ0n) is 20.0. The fraction of sp³-hybridized carbons (Fsp3) is 0.296. The summed E-state index contributed by atoms with van der Waals surface area (Å²) >= 11 is 7.92. The van der Waals surface area contributed by atoms with Crippen molar-refractivity contribution >= 4 is 39.3 Å². The predicted octanol–water partition coefficient (Wildman–Crippen LogP) is 4.51. The SMILES string of the molecule is O=C(NCCSCc1ccccc1Cl)c1cccc(CN2CCN(S(=O)(=O)c3ccccc3)CC2)c1. The molecular weight excluding hydrogens is 514 g/mol. The van der Waals surface area contributed by atoms with E-state index in [0.717, 1.165) is 27.7 Å². The predicted molar refractivity (Wildman–Crippen MR) is 147 cm³/mol. The van der Waals surface area contributed by atoms with Crippen LogP contribution in [0, 0.1) is 0 Å². The van der Waals surface area contributed by atoms with E-state index in [0.29, 0.717) is 49.7 Å². The maximum atomic E-state index is 12.8. The van der Waals surface area contributed by atoms with Crippen molar-refractivity contribution in [2.24, 2.45) is 0 Å². The third-order valence-corrected chi connectivity index (χ3v) is 9.34. The number of nitrogens with one attached hydrogen (secondary N) is 1. The van der Waals surface area contributed by atoms with Crippen molar-refractivity contribution in [3.05, 3.63) is 101 Å². The Labute approximate surface area is 222 Å². The Bertz CT molecular complexity index is 1260. The molecule has 36 heavy (non-hydrogen) atoms. The molecule has 0 spiro atoms. The van der Waals surface area contributed by atoms with Gasteiger partial charge in [0.15, 0.2) is 0 Å². The molecule has 0 unspecified atom stereocenters. The maximum absolute atomic E-state index is 12.8. The molecular formula is C27H30ClN3O3S2. The molecule has 0 saturated carbocycles. The van der Waals surface area contributed by atoms with Crippen LogP contribution >= 0.6 is 23.4 Å². The standard InChI is InChI=1S/C27H30ClN3O3S2/c28-26-12-5-4-8-24(26)21-35-18-13-29-27(32)23-9-6-7-22(19-23)20-30-14-16-31(17-15-30)36(33,34)25-10-2-1-3-11-25/h1-12,19H,13-18,20-21H2,(H,29,32). The van der Waals surface area contributed by atoms with Gasteiger partial charge in [-0.1, -0.05) is 60.1 Å². The number of rotatable bonds is 10. The quantitative estimate of drug-likeness (QED) is 0.381. The van der Waals surface area contributed by atoms with Gasteiger partial charge in [0.05, 0.1) is 4.90 Å². The number of hydrogen-bond donors (Lipinski definition) is 1. The summed E-state index contributed by atoms with van der Waals surface area (Å²) in [4.78, 5) is 15.2. The molecule has 1 aliphatic heterocycles. The minimum absolute atomic E-state index is 0.0889. The Balaban J connectivity index is 1.22. The first kappa shape index (κ1) is 26.7. The van der Waals surface area contributed by atoms with E-state index in [4.69, 9.17) is 11.6 Å². The summed E-state index contributed by atoms with van der Waals surface area (Å²) in [6.45, 7) is 3.44. The molecule has 1 aliphatic rings. The molecule has 0 atom stereocenters. The number of carbonyl (C=O) groups is 1. The van der Waals surface area contributed by atoms with Crippen molar-refractivity contribution < 1.29 is 13.2 Å². The van der Waals surface area contributed by atoms with Crippen molar-refractivity contribution in [1.29, 1.82) is 0 Å². The van der Waals surface area contributed by atoms with Gasteiger partial charge in [-0.25, -0.2) is 8.42 Å². The highest BCUT2D eigenvalue weighted by molar-refractivity contribution is 7.98. The molecule has 1 heterocycles. The number of nitrogens with zero attached hydrogens (tertiary/aromatic N) is 2. The number of sulfonamides is 1. The van der Waals surface area contributed by atoms with Crippen LogP contribution in [-0.4, -0.2) is 62.0 Å². The van der Waals surface area contributed by atoms with Gasteiger partial charge in [0.2, 0.25) is 10.0 Å². The van der Waals surface area contributed by atoms with Gasteiger partial charge in [0.1, 0.15) is 0 Å². The van der Waals surface area contributed by atoms with Crippen LogP contribution in [0.4, 0.5) is 0 Å². The van der Waals surface area contributed by atoms with Gasteiger partial charge in [0, 0.05) is 61.4 Å². The average molecular weight is 544 g/mol. The Morgan fingerprint density at radius 3 is 2.39 bits per heavy atom. The van der Waals surface area contributed by atoms with Gasteiger partial charge in [-0.2, -0.15) is 16.1 Å². The van der Waals surface area contributed by atoms with Crippen LogP contribution < -0.4 is 5.32 Å². The molecule has 3 aromatic carbocycles. The third kappa shape index (κ3) is 7.11. The lowest BCUT2D eigenvalue weighted by molar-refractivity contribution is 0.0956. The topological polar surface area (TPSA) is 69.7 Å². The van der Waals surface area contributed by atoms with Gasteiger partial charge >= 0.3 is 0 Å². The van der Waals surface area contributed by atoms with Gasteiger partial charge in [-0.3, -0.25) is 9.69 Å². The Morgan fingerprint density at radius 1 is 0.917 bits per heavy atom. The van der Waals surface area contributed by atoms with Crippen molar-refractivity contribution in [1.82, 2.24) is 14.5 Å². The Kier molecular flexibility index (Phi) is 9.45. The molecule has 0 radical (unpaired) electrons. The minimum atomic E-state index is -3.46. The van der Waals surface area contributed by atoms with Crippen molar-refractivity contribution in [3.8, 4) is 0 Å². The van der Waals surface area contributed by atoms with E-state index >= 15 is 0 Å². The smallest absolute Gasteiger partial charge is 0.251 e. The van der Waals surface area contributed by atoms with Crippen LogP contribution in [0.15, 0.2) is 83.8 Å². The van der Waals surface area contributed by atoms with Crippen molar-refractivity contribution in [2.75, 3.05) is 38.5 Å². The van der Waals surface area contributed by atoms with E-state index in [2.05, 4.69) is 10.2 Å². The first-order chi connectivity index (χ1) is 17.4. The third-order valence-electron chi connectivity index (χ3n) is 6.05. The van der Waals surface area contributed by atoms with E-state index < -0.39 is 10.0 Å². The first-order valence-electron chi connectivity index (χ1n) is 11.9. The van der Waals surface area contributed by atoms with Crippen molar-refractivity contribution in [2.45, 2.75) is 17.2 Å². The zero-order chi connectivity index (χ0) is 25.4. The molecule has 4 rings (SSSR count). The Hall–Kier alpha value is -2.36. The average Bonchev–Trinajstić information content (AvgIpc) is 2.90. The van der Waals surface area contributed by atoms with Crippen LogP contribution in [-0.2, 0) is 22.3 Å². The fourth-order valence-corrected chi connectivity index (χ4v) is 6.66. The van der Waals surface area contributed by atoms with E-state index in [1.807, 2.05) is 54.6 Å². The van der Waals surface area contributed by atoms with E-state index in [-0.39, 0.29) is 5.91 Å². The minimum Gasteiger partial charge on any atom is -0.351 e. The van der Waals surface area contributed by atoms with Gasteiger partial charge in [0.25, 0.3) is 5.91 Å². The Morgan fingerprint density at radius 2 is 1.64 bits per heavy atom. The highest BCUT2D eigenvalue weighted by Gasteiger charge is 2.28. The number of benzene rings is 3. The van der Waals surface area contributed by atoms with Gasteiger partial charge in [-0.15, -0.1) is 0 Å². The lowest BCUT2D eigenvalue weighted by Gasteiger charge is -2.34. The monoisotopic (exact) mass is 543 g/mol. The number of amides is 1. The molecule has 0 aromatic heterocycles. The zero-order valence-corrected chi connectivity index (χ0v) is 22.4. The summed E-state index contributed by atoms with van der Waals surface area (Å²) in [6, 6.07) is 24.0. The molecule has 1 amide bonds. The summed E-state index contributed by atoms with van der Waals surface area (Å²) in [5.41, 5.74) is 2.77. The first-order valence-corrected chi connectivity index (χ1v) is 14.9. The van der Waals surface area contributed by atoms with Gasteiger partial charge in [-0.05, 0) is 41.5 Å². The summed E-state index contributed by atoms with van der Waals surface area (Å²) in [7, 11) is -3.46. The fourth-order valence-electron chi connectivity index (χ4n) is 4.08. The number of piperazine rings is 1. The normalized spacial score (nSPS) is 15.0. The largest absolute Gasteiger partial charge is 0.351 e. The molecule has 1 saturated heterocycles. The highest BCUT2D eigenvalue weighted by Crippen LogP contribution is 2.21. The maximum Gasteiger partial charge on any atom is 0.251 e. The lowest BCUT2D eigenvalue weighted by Crippen LogP contribution is -2.48. The van der Waals surface area contributed by atoms with Crippen LogP contribution in [0.2, 0.25) is 5.02 Å². The number of halogens is 1. The van der Waals surface area contributed by atoms with Gasteiger partial charge < -0.3 is 5.32 Å². The number of hydrogen-bond acceptors (Lipinski definition) is 5. The van der Waals surface area contributed by atoms with Crippen LogP contribution in [0.25, 0.3) is 0 Å². The van der Waals surface area contributed by atoms with Crippen molar-refractivity contribution in [3.63, 3.8) is 0 Å². The van der Waals surface area contributed by atoms with Crippen LogP contribution in [0.5, 0.6) is 0 Å². The second-order valence-corrected chi connectivity index (χ2v) is 12.0. The lowest BCUT2D eigenvalue weighted by atomic mass is 10.1. The molecule has 0 bridgehead atoms. The summed E-state index contributed by atoms with van der Waals surface area (Å²) in [5, 5.41) is 3.76. The van der Waals surface area contributed by atoms with Crippen LogP contribution in [0.1, 0.15) is 21.5 Å². The summed E-state index contributed by atoms with van der Waals surface area (Å²) in [5.74, 6) is 1.52. The summed E-state index contributed by atoms with van der Waals surface area (Å²) in [6.07, 6.45) is 0. The number of thioether (sulfide) groups is 1. The molecule has 9 heteroatoms. The second kappa shape index (κ2) is 12.7. The molecule has 6 nitrogen and oxygen atoms in total. The summed E-state index contributed by atoms with van der Waals surface area (Å²) < 4.78 is 27.2. The molecule has 1 N–H and O–H groups in total. The highest BCUT2D eigenvalue weighted by atomic mass is 35.5. The van der Waals surface area contributed by atoms with E-state index in [9.17, 15) is 13.2 Å².